The van der Waals surface area contributed by atoms with E-state index in [9.17, 15) is 4.79 Å². The molecule has 1 amide bonds. The van der Waals surface area contributed by atoms with E-state index in [1.165, 1.54) is 18.5 Å². The molecule has 1 saturated carbocycles. The van der Waals surface area contributed by atoms with E-state index in [1.807, 2.05) is 25.8 Å². The van der Waals surface area contributed by atoms with Crippen LogP contribution in [-0.4, -0.2) is 55.0 Å². The maximum absolute atomic E-state index is 13.0. The van der Waals surface area contributed by atoms with Crippen molar-refractivity contribution in [2.45, 2.75) is 58.9 Å². The van der Waals surface area contributed by atoms with Gasteiger partial charge in [-0.3, -0.25) is 4.79 Å². The van der Waals surface area contributed by atoms with Gasteiger partial charge in [-0.25, -0.2) is 0 Å². The van der Waals surface area contributed by atoms with Crippen LogP contribution in [0.1, 0.15) is 53.0 Å². The Morgan fingerprint density at radius 3 is 2.24 bits per heavy atom. The van der Waals surface area contributed by atoms with E-state index in [-0.39, 0.29) is 5.91 Å². The number of nitrogens with zero attached hydrogens (tertiary/aromatic N) is 2. The summed E-state index contributed by atoms with van der Waals surface area (Å²) >= 11 is 0. The molecule has 4 rings (SSSR count). The highest BCUT2D eigenvalue weighted by atomic mass is 16.2. The van der Waals surface area contributed by atoms with Crippen molar-refractivity contribution in [3.63, 3.8) is 0 Å². The Balaban J connectivity index is 1.25. The summed E-state index contributed by atoms with van der Waals surface area (Å²) < 4.78 is 0. The van der Waals surface area contributed by atoms with Gasteiger partial charge in [-0.05, 0) is 86.6 Å². The van der Waals surface area contributed by atoms with Crippen LogP contribution < -0.4 is 11.1 Å². The Labute approximate surface area is 199 Å². The molecular weight excluding hydrogens is 408 g/mol. The molecule has 0 spiro atoms. The Morgan fingerprint density at radius 1 is 1.03 bits per heavy atom. The fraction of sp³-hybridized carbons (Fsp3) is 0.536. The number of carbonyl (C=O) groups is 1. The summed E-state index contributed by atoms with van der Waals surface area (Å²) in [7, 11) is 1.97. The zero-order valence-electron chi connectivity index (χ0n) is 20.9. The second-order valence-corrected chi connectivity index (χ2v) is 10.2. The molecule has 2 atom stereocenters. The summed E-state index contributed by atoms with van der Waals surface area (Å²) in [5, 5.41) is 3.42. The van der Waals surface area contributed by atoms with Gasteiger partial charge in [-0.15, -0.1) is 0 Å². The smallest absolute Gasteiger partial charge is 0.241 e. The molecule has 1 aliphatic carbocycles. The molecule has 2 aromatic rings. The number of anilines is 2. The highest BCUT2D eigenvalue weighted by molar-refractivity contribution is 5.82. The maximum Gasteiger partial charge on any atom is 0.241 e. The summed E-state index contributed by atoms with van der Waals surface area (Å²) in [6.45, 7) is 11.9. The minimum atomic E-state index is 0.158. The minimum Gasteiger partial charge on any atom is -0.398 e. The van der Waals surface area contributed by atoms with Gasteiger partial charge in [-0.1, -0.05) is 30.3 Å². The molecule has 0 radical (unpaired) electrons. The van der Waals surface area contributed by atoms with Crippen molar-refractivity contribution in [3.8, 4) is 0 Å². The van der Waals surface area contributed by atoms with Crippen molar-refractivity contribution in [3.05, 3.63) is 58.1 Å². The fourth-order valence-corrected chi connectivity index (χ4v) is 5.48. The van der Waals surface area contributed by atoms with E-state index in [0.29, 0.717) is 12.6 Å². The zero-order valence-corrected chi connectivity index (χ0v) is 20.9. The van der Waals surface area contributed by atoms with Gasteiger partial charge in [-0.2, -0.15) is 0 Å². The Hall–Kier alpha value is -2.53. The molecule has 178 valence electrons. The number of benzene rings is 2. The number of likely N-dealkylation sites (N-methyl/N-ethyl adjacent to an activating group) is 1. The first-order valence-electron chi connectivity index (χ1n) is 12.4. The molecule has 2 aliphatic rings. The van der Waals surface area contributed by atoms with E-state index in [1.54, 1.807) is 0 Å². The average Bonchev–Trinajstić information content (AvgIpc) is 3.61. The average molecular weight is 449 g/mol. The first kappa shape index (κ1) is 23.6. The number of rotatable bonds is 7. The summed E-state index contributed by atoms with van der Waals surface area (Å²) in [6, 6.07) is 11.3. The SMILES string of the molecule is Cc1c(C)c(NCC(=O)N(C)C2CCN(CC3CC3c3ccccc3)CC2)c(C)c(C)c1N. The van der Waals surface area contributed by atoms with E-state index < -0.39 is 0 Å². The van der Waals surface area contributed by atoms with Gasteiger partial charge in [0.1, 0.15) is 0 Å². The van der Waals surface area contributed by atoms with E-state index in [4.69, 9.17) is 5.73 Å². The van der Waals surface area contributed by atoms with Gasteiger partial charge in [0.25, 0.3) is 0 Å². The molecule has 0 aromatic heterocycles. The van der Waals surface area contributed by atoms with Crippen LogP contribution in [0.4, 0.5) is 11.4 Å². The molecule has 5 heteroatoms. The normalized spacial score (nSPS) is 21.1. The summed E-state index contributed by atoms with van der Waals surface area (Å²) in [6.07, 6.45) is 3.43. The van der Waals surface area contributed by atoms with E-state index >= 15 is 0 Å². The van der Waals surface area contributed by atoms with E-state index in [0.717, 1.165) is 71.4 Å². The van der Waals surface area contributed by atoms with Crippen LogP contribution in [0.3, 0.4) is 0 Å². The molecule has 1 saturated heterocycles. The van der Waals surface area contributed by atoms with Crippen molar-refractivity contribution >= 4 is 17.3 Å². The second kappa shape index (κ2) is 9.76. The van der Waals surface area contributed by atoms with Gasteiger partial charge < -0.3 is 20.9 Å². The third kappa shape index (κ3) is 5.03. The van der Waals surface area contributed by atoms with Crippen molar-refractivity contribution < 1.29 is 4.79 Å². The monoisotopic (exact) mass is 448 g/mol. The third-order valence-electron chi connectivity index (χ3n) is 8.24. The lowest BCUT2D eigenvalue weighted by Crippen LogP contribution is -2.47. The van der Waals surface area contributed by atoms with Gasteiger partial charge in [0, 0.05) is 44.1 Å². The number of likely N-dealkylation sites (tertiary alicyclic amines) is 1. The Morgan fingerprint density at radius 2 is 1.64 bits per heavy atom. The highest BCUT2D eigenvalue weighted by Crippen LogP contribution is 2.47. The number of carbonyl (C=O) groups excluding carboxylic acids is 1. The van der Waals surface area contributed by atoms with Crippen LogP contribution in [0.15, 0.2) is 30.3 Å². The lowest BCUT2D eigenvalue weighted by molar-refractivity contribution is -0.130. The van der Waals surface area contributed by atoms with E-state index in [2.05, 4.69) is 54.4 Å². The maximum atomic E-state index is 13.0. The van der Waals surface area contributed by atoms with Gasteiger partial charge >= 0.3 is 0 Å². The van der Waals surface area contributed by atoms with Crippen LogP contribution >= 0.6 is 0 Å². The number of piperidine rings is 1. The standard InChI is InChI=1S/C28H40N4O/c1-18-20(3)28(21(4)19(2)27(18)29)30-16-26(33)31(5)24-11-13-32(14-12-24)17-23-15-25(23)22-9-7-6-8-10-22/h6-10,23-25,30H,11-17,29H2,1-5H3. The molecule has 1 aliphatic heterocycles. The molecular formula is C28H40N4O. The largest absolute Gasteiger partial charge is 0.398 e. The molecule has 33 heavy (non-hydrogen) atoms. The molecule has 2 fully saturated rings. The molecule has 3 N–H and O–H groups in total. The topological polar surface area (TPSA) is 61.6 Å². The molecule has 0 bridgehead atoms. The van der Waals surface area contributed by atoms with Crippen LogP contribution in [0.25, 0.3) is 0 Å². The van der Waals surface area contributed by atoms with Crippen LogP contribution in [-0.2, 0) is 4.79 Å². The molecule has 2 unspecified atom stereocenters. The Bertz CT molecular complexity index is 966. The molecule has 5 nitrogen and oxygen atoms in total. The predicted molar refractivity (Wildman–Crippen MR) is 138 cm³/mol. The number of nitrogens with two attached hydrogens (primary N) is 1. The minimum absolute atomic E-state index is 0.158. The highest BCUT2D eigenvalue weighted by Gasteiger charge is 2.39. The predicted octanol–water partition coefficient (Wildman–Crippen LogP) is 4.64. The second-order valence-electron chi connectivity index (χ2n) is 10.2. The van der Waals surface area contributed by atoms with Crippen molar-refractivity contribution in [1.82, 2.24) is 9.80 Å². The lowest BCUT2D eigenvalue weighted by atomic mass is 9.96. The lowest BCUT2D eigenvalue weighted by Gasteiger charge is -2.37. The summed E-state index contributed by atoms with van der Waals surface area (Å²) in [4.78, 5) is 17.5. The molecule has 2 aromatic carbocycles. The van der Waals surface area contributed by atoms with Crippen molar-refractivity contribution in [2.75, 3.05) is 44.3 Å². The molecule has 1 heterocycles. The number of amides is 1. The first-order valence-corrected chi connectivity index (χ1v) is 12.4. The zero-order chi connectivity index (χ0) is 23.7. The van der Waals surface area contributed by atoms with Gasteiger partial charge in [0.15, 0.2) is 0 Å². The van der Waals surface area contributed by atoms with Gasteiger partial charge in [0.05, 0.1) is 6.54 Å². The summed E-state index contributed by atoms with van der Waals surface area (Å²) in [5.41, 5.74) is 14.1. The number of nitrogens with one attached hydrogen (secondary N) is 1. The third-order valence-corrected chi connectivity index (χ3v) is 8.24. The Kier molecular flexibility index (Phi) is 6.99. The van der Waals surface area contributed by atoms with Crippen LogP contribution in [0.5, 0.6) is 0 Å². The van der Waals surface area contributed by atoms with Crippen molar-refractivity contribution in [1.29, 1.82) is 0 Å². The van der Waals surface area contributed by atoms with Crippen LogP contribution in [0.2, 0.25) is 0 Å². The fourth-order valence-electron chi connectivity index (χ4n) is 5.48. The quantitative estimate of drug-likeness (QED) is 0.606. The van der Waals surface area contributed by atoms with Gasteiger partial charge in [0.2, 0.25) is 5.91 Å². The van der Waals surface area contributed by atoms with Crippen LogP contribution in [0, 0.1) is 33.6 Å². The number of nitrogen functional groups attached to an aromatic ring is 1. The number of hydrogen-bond acceptors (Lipinski definition) is 4. The number of hydrogen-bond donors (Lipinski definition) is 2. The summed E-state index contributed by atoms with van der Waals surface area (Å²) in [5.74, 6) is 1.70. The first-order chi connectivity index (χ1) is 15.8. The van der Waals surface area contributed by atoms with Crippen molar-refractivity contribution in [2.24, 2.45) is 5.92 Å².